The third-order valence-electron chi connectivity index (χ3n) is 3.70. The Balaban J connectivity index is 2.26. The quantitative estimate of drug-likeness (QED) is 0.803. The van der Waals surface area contributed by atoms with Crippen molar-refractivity contribution in [3.63, 3.8) is 0 Å². The molecule has 0 spiro atoms. The van der Waals surface area contributed by atoms with Gasteiger partial charge in [-0.05, 0) is 42.2 Å². The highest BCUT2D eigenvalue weighted by Gasteiger charge is 2.08. The topological polar surface area (TPSA) is 21.3 Å². The summed E-state index contributed by atoms with van der Waals surface area (Å²) in [5, 5.41) is 4.29. The van der Waals surface area contributed by atoms with Gasteiger partial charge in [0.15, 0.2) is 0 Å². The van der Waals surface area contributed by atoms with Gasteiger partial charge in [0.05, 0.1) is 7.11 Å². The van der Waals surface area contributed by atoms with Crippen LogP contribution in [-0.4, -0.2) is 7.11 Å². The minimum Gasteiger partial charge on any atom is -0.496 e. The van der Waals surface area contributed by atoms with E-state index in [9.17, 15) is 0 Å². The number of nitrogens with one attached hydrogen (secondary N) is 1. The number of benzene rings is 2. The van der Waals surface area contributed by atoms with Crippen LogP contribution < -0.4 is 10.1 Å². The maximum Gasteiger partial charge on any atom is 0.123 e. The van der Waals surface area contributed by atoms with Crippen LogP contribution in [0.4, 0.5) is 5.69 Å². The molecule has 0 fully saturated rings. The first-order valence-corrected chi connectivity index (χ1v) is 7.74. The third kappa shape index (κ3) is 3.70. The molecule has 21 heavy (non-hydrogen) atoms. The van der Waals surface area contributed by atoms with Crippen molar-refractivity contribution < 1.29 is 4.74 Å². The van der Waals surface area contributed by atoms with Gasteiger partial charge >= 0.3 is 0 Å². The minimum atomic E-state index is 0.702. The van der Waals surface area contributed by atoms with Gasteiger partial charge in [-0.25, -0.2) is 0 Å². The van der Waals surface area contributed by atoms with E-state index >= 15 is 0 Å². The Morgan fingerprint density at radius 1 is 1.00 bits per heavy atom. The molecule has 112 valence electrons. The van der Waals surface area contributed by atoms with Crippen LogP contribution in [0.2, 0.25) is 5.02 Å². The van der Waals surface area contributed by atoms with Crippen molar-refractivity contribution >= 4 is 17.3 Å². The normalized spacial score (nSPS) is 10.5. The molecule has 0 aliphatic heterocycles. The van der Waals surface area contributed by atoms with Gasteiger partial charge in [-0.1, -0.05) is 43.6 Å². The average molecular weight is 304 g/mol. The number of methoxy groups -OCH3 is 1. The van der Waals surface area contributed by atoms with Crippen molar-refractivity contribution in [2.75, 3.05) is 12.4 Å². The molecule has 0 bridgehead atoms. The maximum atomic E-state index is 6.09. The predicted octanol–water partition coefficient (Wildman–Crippen LogP) is 5.09. The van der Waals surface area contributed by atoms with Crippen molar-refractivity contribution in [3.05, 3.63) is 58.1 Å². The Labute approximate surface area is 132 Å². The summed E-state index contributed by atoms with van der Waals surface area (Å²) >= 11 is 6.09. The zero-order chi connectivity index (χ0) is 15.2. The largest absolute Gasteiger partial charge is 0.496 e. The van der Waals surface area contributed by atoms with Gasteiger partial charge in [-0.15, -0.1) is 0 Å². The number of hydrogen-bond donors (Lipinski definition) is 1. The maximum absolute atomic E-state index is 6.09. The zero-order valence-electron chi connectivity index (χ0n) is 12.9. The summed E-state index contributed by atoms with van der Waals surface area (Å²) in [7, 11) is 1.68. The Hall–Kier alpha value is -1.67. The van der Waals surface area contributed by atoms with Gasteiger partial charge in [-0.3, -0.25) is 0 Å². The second-order valence-corrected chi connectivity index (χ2v) is 5.40. The van der Waals surface area contributed by atoms with E-state index in [2.05, 4.69) is 37.4 Å². The van der Waals surface area contributed by atoms with Crippen molar-refractivity contribution in [3.8, 4) is 5.75 Å². The Morgan fingerprint density at radius 2 is 1.67 bits per heavy atom. The molecule has 0 aliphatic rings. The predicted molar refractivity (Wildman–Crippen MR) is 90.5 cm³/mol. The highest BCUT2D eigenvalue weighted by Crippen LogP contribution is 2.27. The molecule has 2 aromatic rings. The molecule has 0 saturated heterocycles. The lowest BCUT2D eigenvalue weighted by Gasteiger charge is -2.17. The first kappa shape index (κ1) is 15.7. The average Bonchev–Trinajstić information content (AvgIpc) is 2.52. The Bertz CT molecular complexity index is 588. The van der Waals surface area contributed by atoms with Gasteiger partial charge in [0.1, 0.15) is 5.75 Å². The van der Waals surface area contributed by atoms with E-state index in [1.807, 2.05) is 18.2 Å². The SMILES string of the molecule is CCc1cccc(CC)c1NCc1cc(Cl)ccc1OC. The van der Waals surface area contributed by atoms with E-state index in [-0.39, 0.29) is 0 Å². The van der Waals surface area contributed by atoms with Crippen molar-refractivity contribution in [2.45, 2.75) is 33.2 Å². The lowest BCUT2D eigenvalue weighted by Crippen LogP contribution is -2.06. The van der Waals surface area contributed by atoms with E-state index in [0.29, 0.717) is 6.54 Å². The standard InChI is InChI=1S/C18H22ClNO/c1-4-13-7-6-8-14(5-2)18(13)20-12-15-11-16(19)9-10-17(15)21-3/h6-11,20H,4-5,12H2,1-3H3. The molecule has 1 N–H and O–H groups in total. The lowest BCUT2D eigenvalue weighted by molar-refractivity contribution is 0.410. The van der Waals surface area contributed by atoms with E-state index in [1.54, 1.807) is 7.11 Å². The Morgan fingerprint density at radius 3 is 2.24 bits per heavy atom. The molecule has 3 heteroatoms. The van der Waals surface area contributed by atoms with E-state index < -0.39 is 0 Å². The molecule has 0 unspecified atom stereocenters. The van der Waals surface area contributed by atoms with Gasteiger partial charge in [0, 0.05) is 22.8 Å². The molecular formula is C18H22ClNO. The van der Waals surface area contributed by atoms with E-state index in [4.69, 9.17) is 16.3 Å². The summed E-state index contributed by atoms with van der Waals surface area (Å²) in [5.74, 6) is 0.860. The third-order valence-corrected chi connectivity index (χ3v) is 3.93. The highest BCUT2D eigenvalue weighted by molar-refractivity contribution is 6.30. The molecule has 0 aromatic heterocycles. The molecule has 0 radical (unpaired) electrons. The number of halogens is 1. The summed E-state index contributed by atoms with van der Waals surface area (Å²) < 4.78 is 5.40. The van der Waals surface area contributed by atoms with Crippen LogP contribution in [-0.2, 0) is 19.4 Å². The van der Waals surface area contributed by atoms with Gasteiger partial charge in [-0.2, -0.15) is 0 Å². The van der Waals surface area contributed by atoms with Crippen LogP contribution in [0.3, 0.4) is 0 Å². The Kier molecular flexibility index (Phi) is 5.51. The molecule has 2 aromatic carbocycles. The van der Waals surface area contributed by atoms with Crippen molar-refractivity contribution in [1.29, 1.82) is 0 Å². The van der Waals surface area contributed by atoms with Crippen LogP contribution in [0.25, 0.3) is 0 Å². The smallest absolute Gasteiger partial charge is 0.123 e. The molecule has 0 aliphatic carbocycles. The molecule has 2 rings (SSSR count). The van der Waals surface area contributed by atoms with Gasteiger partial charge in [0.2, 0.25) is 0 Å². The highest BCUT2D eigenvalue weighted by atomic mass is 35.5. The number of para-hydroxylation sites is 1. The molecular weight excluding hydrogens is 282 g/mol. The molecule has 0 heterocycles. The van der Waals surface area contributed by atoms with Crippen LogP contribution in [0.5, 0.6) is 5.75 Å². The summed E-state index contributed by atoms with van der Waals surface area (Å²) in [6.07, 6.45) is 2.03. The summed E-state index contributed by atoms with van der Waals surface area (Å²) in [6.45, 7) is 5.06. The van der Waals surface area contributed by atoms with Gasteiger partial charge < -0.3 is 10.1 Å². The minimum absolute atomic E-state index is 0.702. The molecule has 2 nitrogen and oxygen atoms in total. The van der Waals surface area contributed by atoms with Crippen LogP contribution in [0.15, 0.2) is 36.4 Å². The molecule has 0 atom stereocenters. The van der Waals surface area contributed by atoms with Gasteiger partial charge in [0.25, 0.3) is 0 Å². The molecule has 0 amide bonds. The van der Waals surface area contributed by atoms with Crippen LogP contribution in [0.1, 0.15) is 30.5 Å². The molecule has 0 saturated carbocycles. The number of rotatable bonds is 6. The number of aryl methyl sites for hydroxylation is 2. The number of anilines is 1. The first-order chi connectivity index (χ1) is 10.2. The van der Waals surface area contributed by atoms with E-state index in [1.165, 1.54) is 16.8 Å². The fourth-order valence-electron chi connectivity index (χ4n) is 2.54. The second-order valence-electron chi connectivity index (χ2n) is 4.97. The number of hydrogen-bond acceptors (Lipinski definition) is 2. The zero-order valence-corrected chi connectivity index (χ0v) is 13.6. The van der Waals surface area contributed by atoms with Crippen molar-refractivity contribution in [1.82, 2.24) is 0 Å². The lowest BCUT2D eigenvalue weighted by atomic mass is 10.0. The number of ether oxygens (including phenoxy) is 1. The van der Waals surface area contributed by atoms with E-state index in [0.717, 1.165) is 29.2 Å². The first-order valence-electron chi connectivity index (χ1n) is 7.36. The fraction of sp³-hybridized carbons (Fsp3) is 0.333. The van der Waals surface area contributed by atoms with Crippen molar-refractivity contribution in [2.24, 2.45) is 0 Å². The summed E-state index contributed by atoms with van der Waals surface area (Å²) in [5.41, 5.74) is 4.99. The van der Waals surface area contributed by atoms with Crippen LogP contribution >= 0.6 is 11.6 Å². The summed E-state index contributed by atoms with van der Waals surface area (Å²) in [6, 6.07) is 12.2. The summed E-state index contributed by atoms with van der Waals surface area (Å²) in [4.78, 5) is 0. The monoisotopic (exact) mass is 303 g/mol. The second kappa shape index (κ2) is 7.37. The van der Waals surface area contributed by atoms with Crippen LogP contribution in [0, 0.1) is 0 Å². The fourth-order valence-corrected chi connectivity index (χ4v) is 2.73.